The van der Waals surface area contributed by atoms with Crippen molar-refractivity contribution < 1.29 is 0 Å². The molecule has 1 fully saturated rings. The Morgan fingerprint density at radius 1 is 1.41 bits per heavy atom. The van der Waals surface area contributed by atoms with E-state index in [0.29, 0.717) is 5.82 Å². The fourth-order valence-corrected chi connectivity index (χ4v) is 2.56. The fraction of sp³-hybridized carbons (Fsp3) is 0.444. The van der Waals surface area contributed by atoms with E-state index < -0.39 is 0 Å². The summed E-state index contributed by atoms with van der Waals surface area (Å²) in [6, 6.07) is 5.87. The zero-order chi connectivity index (χ0) is 15.6. The largest absolute Gasteiger partial charge is 0.371 e. The Hall–Kier alpha value is -1.94. The molecule has 118 valence electrons. The topological polar surface area (TPSA) is 40.5 Å². The van der Waals surface area contributed by atoms with E-state index in [0.717, 1.165) is 30.8 Å². The van der Waals surface area contributed by atoms with Gasteiger partial charge in [-0.1, -0.05) is 18.7 Å². The van der Waals surface area contributed by atoms with Crippen LogP contribution in [-0.4, -0.2) is 42.3 Å². The summed E-state index contributed by atoms with van der Waals surface area (Å²) in [5, 5.41) is 3.27. The van der Waals surface area contributed by atoms with Gasteiger partial charge < -0.3 is 10.2 Å². The van der Waals surface area contributed by atoms with E-state index in [1.807, 2.05) is 37.4 Å². The molecule has 0 spiro atoms. The Kier molecular flexibility index (Phi) is 6.84. The number of rotatable bonds is 8. The molecule has 0 radical (unpaired) electrons. The number of nitrogens with one attached hydrogen (secondary N) is 1. The van der Waals surface area contributed by atoms with Crippen LogP contribution in [0.25, 0.3) is 5.57 Å². The Bertz CT molecular complexity index is 513. The highest BCUT2D eigenvalue weighted by molar-refractivity contribution is 6.09. The smallest absolute Gasteiger partial charge is 0.118 e. The Labute approximate surface area is 133 Å². The van der Waals surface area contributed by atoms with E-state index in [9.17, 15) is 0 Å². The van der Waals surface area contributed by atoms with Crippen LogP contribution < -0.4 is 5.32 Å². The quantitative estimate of drug-likeness (QED) is 0.592. The van der Waals surface area contributed by atoms with Gasteiger partial charge in [-0.25, -0.2) is 4.99 Å². The van der Waals surface area contributed by atoms with Crippen molar-refractivity contribution in [3.05, 3.63) is 48.6 Å². The van der Waals surface area contributed by atoms with Gasteiger partial charge in [-0.15, -0.1) is 0 Å². The first kappa shape index (κ1) is 16.4. The van der Waals surface area contributed by atoms with Crippen LogP contribution in [0.2, 0.25) is 0 Å². The predicted octanol–water partition coefficient (Wildman–Crippen LogP) is 3.10. The van der Waals surface area contributed by atoms with Gasteiger partial charge in [-0.05, 0) is 58.0 Å². The third-order valence-electron chi connectivity index (χ3n) is 3.81. The number of aromatic nitrogens is 1. The molecule has 1 aromatic heterocycles. The van der Waals surface area contributed by atoms with E-state index >= 15 is 0 Å². The molecule has 0 aliphatic carbocycles. The number of nitrogens with zero attached hydrogens (tertiary/aromatic N) is 3. The van der Waals surface area contributed by atoms with Gasteiger partial charge >= 0.3 is 0 Å². The van der Waals surface area contributed by atoms with Crippen molar-refractivity contribution in [2.45, 2.75) is 26.2 Å². The molecule has 1 aromatic rings. The van der Waals surface area contributed by atoms with Crippen LogP contribution in [0, 0.1) is 0 Å². The SMILES string of the molecule is C=C(/N=C\C(=C/C)c1ccccn1)NCCCN1CCCC1. The lowest BCUT2D eigenvalue weighted by Gasteiger charge is -2.14. The lowest BCUT2D eigenvalue weighted by molar-refractivity contribution is 0.333. The van der Waals surface area contributed by atoms with Crippen LogP contribution in [0.15, 0.2) is 47.9 Å². The molecule has 1 saturated heterocycles. The lowest BCUT2D eigenvalue weighted by Crippen LogP contribution is -2.24. The van der Waals surface area contributed by atoms with E-state index in [4.69, 9.17) is 0 Å². The summed E-state index contributed by atoms with van der Waals surface area (Å²) in [7, 11) is 0. The maximum Gasteiger partial charge on any atom is 0.118 e. The summed E-state index contributed by atoms with van der Waals surface area (Å²) >= 11 is 0. The Balaban J connectivity index is 1.71. The molecule has 1 aliphatic heterocycles. The standard InChI is InChI=1S/C18H26N4/c1-3-17(18-9-4-5-10-20-18)15-21-16(2)19-11-8-14-22-12-6-7-13-22/h3-5,9-10,15,19H,2,6-8,11-14H2,1H3/b17-3+,21-15-. The van der Waals surface area contributed by atoms with E-state index in [2.05, 4.69) is 26.8 Å². The fourth-order valence-electron chi connectivity index (χ4n) is 2.56. The zero-order valence-electron chi connectivity index (χ0n) is 13.5. The minimum atomic E-state index is 0.705. The summed E-state index contributed by atoms with van der Waals surface area (Å²) < 4.78 is 0. The molecular formula is C18H26N4. The maximum absolute atomic E-state index is 4.39. The minimum Gasteiger partial charge on any atom is -0.371 e. The number of allylic oxidation sites excluding steroid dienone is 2. The summed E-state index contributed by atoms with van der Waals surface area (Å²) in [6.45, 7) is 10.5. The van der Waals surface area contributed by atoms with Crippen molar-refractivity contribution in [2.24, 2.45) is 4.99 Å². The molecule has 0 unspecified atom stereocenters. The number of pyridine rings is 1. The molecule has 0 bridgehead atoms. The van der Waals surface area contributed by atoms with Crippen molar-refractivity contribution in [3.63, 3.8) is 0 Å². The predicted molar refractivity (Wildman–Crippen MR) is 93.8 cm³/mol. The van der Waals surface area contributed by atoms with Crippen LogP contribution in [0.4, 0.5) is 0 Å². The molecule has 0 aromatic carbocycles. The van der Waals surface area contributed by atoms with Crippen molar-refractivity contribution in [1.29, 1.82) is 0 Å². The van der Waals surface area contributed by atoms with Gasteiger partial charge in [0.2, 0.25) is 0 Å². The lowest BCUT2D eigenvalue weighted by atomic mass is 10.2. The van der Waals surface area contributed by atoms with Gasteiger partial charge in [-0.2, -0.15) is 0 Å². The van der Waals surface area contributed by atoms with Crippen LogP contribution >= 0.6 is 0 Å². The van der Waals surface area contributed by atoms with Gasteiger partial charge in [0.1, 0.15) is 5.82 Å². The third kappa shape index (κ3) is 5.45. The van der Waals surface area contributed by atoms with Crippen LogP contribution in [0.3, 0.4) is 0 Å². The van der Waals surface area contributed by atoms with Gasteiger partial charge in [0.05, 0.1) is 5.69 Å². The molecule has 2 rings (SSSR count). The maximum atomic E-state index is 4.39. The summed E-state index contributed by atoms with van der Waals surface area (Å²) in [5.74, 6) is 0.705. The first-order valence-electron chi connectivity index (χ1n) is 8.06. The van der Waals surface area contributed by atoms with Crippen molar-refractivity contribution in [2.75, 3.05) is 26.2 Å². The molecule has 4 nitrogen and oxygen atoms in total. The van der Waals surface area contributed by atoms with Gasteiger partial charge in [0, 0.05) is 24.5 Å². The van der Waals surface area contributed by atoms with Crippen LogP contribution in [0.5, 0.6) is 0 Å². The van der Waals surface area contributed by atoms with Gasteiger partial charge in [0.25, 0.3) is 0 Å². The average Bonchev–Trinajstić information content (AvgIpc) is 3.06. The second kappa shape index (κ2) is 9.15. The van der Waals surface area contributed by atoms with Crippen molar-refractivity contribution >= 4 is 11.8 Å². The van der Waals surface area contributed by atoms with Gasteiger partial charge in [-0.3, -0.25) is 4.98 Å². The molecule has 1 N–H and O–H groups in total. The summed E-state index contributed by atoms with van der Waals surface area (Å²) in [5.41, 5.74) is 1.93. The molecule has 4 heteroatoms. The molecule has 0 saturated carbocycles. The van der Waals surface area contributed by atoms with E-state index in [-0.39, 0.29) is 0 Å². The molecule has 2 heterocycles. The molecule has 22 heavy (non-hydrogen) atoms. The van der Waals surface area contributed by atoms with E-state index in [1.165, 1.54) is 25.9 Å². The highest BCUT2D eigenvalue weighted by Crippen LogP contribution is 2.09. The Morgan fingerprint density at radius 3 is 2.91 bits per heavy atom. The summed E-state index contributed by atoms with van der Waals surface area (Å²) in [4.78, 5) is 11.2. The highest BCUT2D eigenvalue weighted by Gasteiger charge is 2.09. The van der Waals surface area contributed by atoms with Crippen LogP contribution in [-0.2, 0) is 0 Å². The second-order valence-corrected chi connectivity index (χ2v) is 5.49. The van der Waals surface area contributed by atoms with Crippen molar-refractivity contribution in [3.8, 4) is 0 Å². The number of aliphatic imine (C=N–C) groups is 1. The molecular weight excluding hydrogens is 272 g/mol. The highest BCUT2D eigenvalue weighted by atomic mass is 15.1. The number of likely N-dealkylation sites (tertiary alicyclic amines) is 1. The second-order valence-electron chi connectivity index (χ2n) is 5.49. The number of hydrogen-bond acceptors (Lipinski definition) is 4. The van der Waals surface area contributed by atoms with E-state index in [1.54, 1.807) is 6.20 Å². The Morgan fingerprint density at radius 2 is 2.23 bits per heavy atom. The first-order valence-corrected chi connectivity index (χ1v) is 8.06. The minimum absolute atomic E-state index is 0.705. The van der Waals surface area contributed by atoms with Crippen LogP contribution in [0.1, 0.15) is 31.9 Å². The zero-order valence-corrected chi connectivity index (χ0v) is 13.5. The van der Waals surface area contributed by atoms with Gasteiger partial charge in [0.15, 0.2) is 0 Å². The number of hydrogen-bond donors (Lipinski definition) is 1. The monoisotopic (exact) mass is 298 g/mol. The first-order chi connectivity index (χ1) is 10.8. The normalized spacial score (nSPS) is 16.3. The third-order valence-corrected chi connectivity index (χ3v) is 3.81. The molecule has 0 atom stereocenters. The summed E-state index contributed by atoms with van der Waals surface area (Å²) in [6.07, 6.45) is 9.45. The molecule has 0 amide bonds. The molecule has 1 aliphatic rings. The average molecular weight is 298 g/mol. The van der Waals surface area contributed by atoms with Crippen molar-refractivity contribution in [1.82, 2.24) is 15.2 Å².